The molecular weight excluding hydrogens is 420 g/mol. The fraction of sp³-hybridized carbons (Fsp3) is 0.333. The maximum atomic E-state index is 11.3. The molecule has 4 rings (SSSR count). The molecule has 0 saturated heterocycles. The Bertz CT molecular complexity index is 1080. The molecule has 174 valence electrons. The fourth-order valence-corrected chi connectivity index (χ4v) is 4.23. The number of rotatable bonds is 0. The number of ether oxygens (including phenoxy) is 3. The van der Waals surface area contributed by atoms with Gasteiger partial charge in [-0.2, -0.15) is 0 Å². The van der Waals surface area contributed by atoms with Crippen molar-refractivity contribution in [2.24, 2.45) is 0 Å². The minimum atomic E-state index is -0.00402. The second-order valence-electron chi connectivity index (χ2n) is 8.57. The number of benzene rings is 3. The lowest BCUT2D eigenvalue weighted by atomic mass is 9.91. The molecule has 0 aromatic heterocycles. The van der Waals surface area contributed by atoms with Gasteiger partial charge in [0.05, 0.1) is 39.6 Å². The summed E-state index contributed by atoms with van der Waals surface area (Å²) in [7, 11) is 0. The quantitative estimate of drug-likeness (QED) is 0.440. The number of phenolic OH excluding ortho intramolecular Hbond substituents is 3. The first-order chi connectivity index (χ1) is 15.8. The molecule has 3 aromatic carbocycles. The molecule has 6 bridgehead atoms. The van der Waals surface area contributed by atoms with Crippen molar-refractivity contribution in [1.82, 2.24) is 0 Å². The summed E-state index contributed by atoms with van der Waals surface area (Å²) in [5.74, 6) is 0.129. The second kappa shape index (κ2) is 9.83. The highest BCUT2D eigenvalue weighted by Crippen LogP contribution is 2.46. The molecule has 6 heteroatoms. The Morgan fingerprint density at radius 2 is 0.818 bits per heavy atom. The van der Waals surface area contributed by atoms with E-state index < -0.39 is 0 Å². The Kier molecular flexibility index (Phi) is 6.88. The molecule has 6 nitrogen and oxygen atoms in total. The zero-order chi connectivity index (χ0) is 23.5. The standard InChI is InChI=1S/C27H30O6/c1-16-8-19-14-32-6-4-31-5-7-33-15-20-9-17(2)11-22(26(20)29)24-13-18(3)12-23(27(24)30)21(10-16)25(19)28/h8-13,28-30H,4-7,14-15H2,1-3H3. The third-order valence-corrected chi connectivity index (χ3v) is 5.76. The fourth-order valence-electron chi connectivity index (χ4n) is 4.23. The number of aryl methyl sites for hydroxylation is 3. The summed E-state index contributed by atoms with van der Waals surface area (Å²) in [5, 5.41) is 33.4. The van der Waals surface area contributed by atoms with Crippen LogP contribution in [-0.4, -0.2) is 41.7 Å². The molecule has 1 aliphatic heterocycles. The SMILES string of the molecule is Cc1cc2c(O)c(c1)-c1cc(C)cc(c1O)-c1cc(C)cc(c1O)COCCOCCOC2. The van der Waals surface area contributed by atoms with E-state index in [-0.39, 0.29) is 30.5 Å². The normalized spacial score (nSPS) is 15.0. The lowest BCUT2D eigenvalue weighted by Crippen LogP contribution is -2.10. The van der Waals surface area contributed by atoms with Crippen molar-refractivity contribution in [2.75, 3.05) is 26.4 Å². The molecule has 3 aromatic rings. The number of aromatic hydroxyl groups is 3. The molecule has 0 amide bonds. The van der Waals surface area contributed by atoms with Crippen LogP contribution in [0.25, 0.3) is 22.3 Å². The molecule has 1 heterocycles. The van der Waals surface area contributed by atoms with Gasteiger partial charge >= 0.3 is 0 Å². The Hall–Kier alpha value is -3.06. The average Bonchev–Trinajstić information content (AvgIpc) is 2.77. The summed E-state index contributed by atoms with van der Waals surface area (Å²) in [6.45, 7) is 7.82. The first kappa shape index (κ1) is 23.1. The predicted octanol–water partition coefficient (Wildman–Crippen LogP) is 5.13. The number of hydrogen-bond donors (Lipinski definition) is 3. The van der Waals surface area contributed by atoms with E-state index in [0.29, 0.717) is 59.8 Å². The summed E-state index contributed by atoms with van der Waals surface area (Å²) >= 11 is 0. The van der Waals surface area contributed by atoms with Crippen LogP contribution in [-0.2, 0) is 27.4 Å². The van der Waals surface area contributed by atoms with Gasteiger partial charge in [0.15, 0.2) is 0 Å². The Morgan fingerprint density at radius 3 is 1.24 bits per heavy atom. The summed E-state index contributed by atoms with van der Waals surface area (Å²) in [6.07, 6.45) is 0. The van der Waals surface area contributed by atoms with Gasteiger partial charge in [0.2, 0.25) is 0 Å². The minimum absolute atomic E-state index is 0.00402. The molecule has 0 aliphatic carbocycles. The van der Waals surface area contributed by atoms with E-state index in [4.69, 9.17) is 14.2 Å². The largest absolute Gasteiger partial charge is 0.507 e. The van der Waals surface area contributed by atoms with Gasteiger partial charge in [-0.25, -0.2) is 0 Å². The Labute approximate surface area is 194 Å². The van der Waals surface area contributed by atoms with Crippen LogP contribution in [0.1, 0.15) is 27.8 Å². The molecule has 0 atom stereocenters. The van der Waals surface area contributed by atoms with Crippen LogP contribution in [0.3, 0.4) is 0 Å². The first-order valence-electron chi connectivity index (χ1n) is 11.1. The topological polar surface area (TPSA) is 88.4 Å². The van der Waals surface area contributed by atoms with Crippen LogP contribution in [0.2, 0.25) is 0 Å². The highest BCUT2D eigenvalue weighted by atomic mass is 16.5. The molecule has 0 spiro atoms. The molecule has 0 radical (unpaired) electrons. The van der Waals surface area contributed by atoms with E-state index in [9.17, 15) is 15.3 Å². The summed E-state index contributed by atoms with van der Waals surface area (Å²) in [4.78, 5) is 0. The minimum Gasteiger partial charge on any atom is -0.507 e. The molecule has 0 saturated carbocycles. The predicted molar refractivity (Wildman–Crippen MR) is 127 cm³/mol. The van der Waals surface area contributed by atoms with Gasteiger partial charge in [-0.15, -0.1) is 0 Å². The Morgan fingerprint density at radius 1 is 0.485 bits per heavy atom. The zero-order valence-electron chi connectivity index (χ0n) is 19.3. The number of phenols is 3. The first-order valence-corrected chi connectivity index (χ1v) is 11.1. The number of fused-ring (bicyclic) bond motifs is 8. The Balaban J connectivity index is 1.92. The lowest BCUT2D eigenvalue weighted by molar-refractivity contribution is 0.00654. The van der Waals surface area contributed by atoms with Gasteiger partial charge in [-0.05, 0) is 61.7 Å². The number of hydrogen-bond acceptors (Lipinski definition) is 6. The molecule has 3 N–H and O–H groups in total. The van der Waals surface area contributed by atoms with Crippen LogP contribution < -0.4 is 0 Å². The van der Waals surface area contributed by atoms with Crippen LogP contribution in [0.15, 0.2) is 36.4 Å². The van der Waals surface area contributed by atoms with E-state index in [1.54, 1.807) is 0 Å². The molecular formula is C27H30O6. The lowest BCUT2D eigenvalue weighted by Gasteiger charge is -2.18. The van der Waals surface area contributed by atoms with Gasteiger partial charge in [0.1, 0.15) is 17.2 Å². The van der Waals surface area contributed by atoms with Crippen molar-refractivity contribution in [3.05, 3.63) is 64.2 Å². The molecule has 33 heavy (non-hydrogen) atoms. The van der Waals surface area contributed by atoms with Crippen molar-refractivity contribution in [3.8, 4) is 39.5 Å². The van der Waals surface area contributed by atoms with E-state index >= 15 is 0 Å². The average molecular weight is 451 g/mol. The third kappa shape index (κ3) is 4.98. The smallest absolute Gasteiger partial charge is 0.131 e. The third-order valence-electron chi connectivity index (χ3n) is 5.76. The maximum absolute atomic E-state index is 11.3. The van der Waals surface area contributed by atoms with Gasteiger partial charge in [-0.3, -0.25) is 0 Å². The van der Waals surface area contributed by atoms with E-state index in [0.717, 1.165) is 16.7 Å². The zero-order valence-corrected chi connectivity index (χ0v) is 19.3. The van der Waals surface area contributed by atoms with Crippen molar-refractivity contribution in [1.29, 1.82) is 0 Å². The van der Waals surface area contributed by atoms with Crippen molar-refractivity contribution in [2.45, 2.75) is 34.0 Å². The van der Waals surface area contributed by atoms with Gasteiger partial charge in [-0.1, -0.05) is 12.1 Å². The van der Waals surface area contributed by atoms with Crippen molar-refractivity contribution < 1.29 is 29.5 Å². The second-order valence-corrected chi connectivity index (χ2v) is 8.57. The molecule has 1 aliphatic rings. The molecule has 0 unspecified atom stereocenters. The van der Waals surface area contributed by atoms with E-state index in [2.05, 4.69) is 0 Å². The van der Waals surface area contributed by atoms with Crippen molar-refractivity contribution in [3.63, 3.8) is 0 Å². The highest BCUT2D eigenvalue weighted by Gasteiger charge is 2.21. The van der Waals surface area contributed by atoms with Crippen LogP contribution >= 0.6 is 0 Å². The molecule has 0 fully saturated rings. The van der Waals surface area contributed by atoms with Crippen LogP contribution in [0, 0.1) is 20.8 Å². The van der Waals surface area contributed by atoms with E-state index in [1.807, 2.05) is 57.2 Å². The van der Waals surface area contributed by atoms with E-state index in [1.165, 1.54) is 0 Å². The van der Waals surface area contributed by atoms with Gasteiger partial charge in [0.25, 0.3) is 0 Å². The summed E-state index contributed by atoms with van der Waals surface area (Å²) in [5.41, 5.74) is 6.07. The van der Waals surface area contributed by atoms with Gasteiger partial charge in [0, 0.05) is 33.4 Å². The van der Waals surface area contributed by atoms with Crippen molar-refractivity contribution >= 4 is 0 Å². The highest BCUT2D eigenvalue weighted by molar-refractivity contribution is 5.88. The summed E-state index contributed by atoms with van der Waals surface area (Å²) in [6, 6.07) is 11.1. The van der Waals surface area contributed by atoms with Gasteiger partial charge < -0.3 is 29.5 Å². The summed E-state index contributed by atoms with van der Waals surface area (Å²) < 4.78 is 17.0. The van der Waals surface area contributed by atoms with Crippen LogP contribution in [0.5, 0.6) is 17.2 Å². The monoisotopic (exact) mass is 450 g/mol. The maximum Gasteiger partial charge on any atom is 0.131 e. The van der Waals surface area contributed by atoms with Crippen LogP contribution in [0.4, 0.5) is 0 Å².